The van der Waals surface area contributed by atoms with Crippen LogP contribution < -0.4 is 0 Å². The summed E-state index contributed by atoms with van der Waals surface area (Å²) in [5.41, 5.74) is 3.43. The van der Waals surface area contributed by atoms with E-state index in [1.807, 2.05) is 24.3 Å². The van der Waals surface area contributed by atoms with Crippen molar-refractivity contribution in [1.82, 2.24) is 4.90 Å². The summed E-state index contributed by atoms with van der Waals surface area (Å²) < 4.78 is 15.3. The van der Waals surface area contributed by atoms with Crippen LogP contribution in [-0.4, -0.2) is 65.5 Å². The highest BCUT2D eigenvalue weighted by Crippen LogP contribution is 2.35. The summed E-state index contributed by atoms with van der Waals surface area (Å²) in [5.74, 6) is -0.0693. The van der Waals surface area contributed by atoms with Crippen LogP contribution in [0.3, 0.4) is 0 Å². The average molecular weight is 609 g/mol. The topological polar surface area (TPSA) is 65.1 Å². The van der Waals surface area contributed by atoms with Crippen LogP contribution in [0.1, 0.15) is 37.7 Å². The molecule has 4 rings (SSSR count). The van der Waals surface area contributed by atoms with Crippen molar-refractivity contribution in [2.75, 3.05) is 32.9 Å². The third-order valence-electron chi connectivity index (χ3n) is 7.32. The zero-order valence-corrected chi connectivity index (χ0v) is 24.8. The number of ketones is 1. The molecule has 216 valence electrons. The number of hydrogen-bond acceptors (Lipinski definition) is 6. The molecular formula is C31H36Cl3NO5. The Labute approximate surface area is 251 Å². The van der Waals surface area contributed by atoms with Crippen molar-refractivity contribution in [3.8, 4) is 11.1 Å². The number of rotatable bonds is 12. The fraction of sp³-hybridized carbons (Fsp3) is 0.484. The zero-order valence-electron chi connectivity index (χ0n) is 22.5. The summed E-state index contributed by atoms with van der Waals surface area (Å²) in [4.78, 5) is 27.3. The molecule has 1 saturated heterocycles. The van der Waals surface area contributed by atoms with E-state index >= 15 is 0 Å². The average Bonchev–Trinajstić information content (AvgIpc) is 3.28. The van der Waals surface area contributed by atoms with Crippen molar-refractivity contribution >= 4 is 46.6 Å². The van der Waals surface area contributed by atoms with Gasteiger partial charge >= 0.3 is 5.97 Å². The first-order valence-corrected chi connectivity index (χ1v) is 14.9. The number of allylic oxidation sites excluding steroid dienone is 2. The normalized spacial score (nSPS) is 22.2. The fourth-order valence-electron chi connectivity index (χ4n) is 5.36. The standard InChI is InChI=1S/C31H36Cl3NO5/c32-31(33,34)22-40-29(37)11-7-2-1-6-10-26-28(20-27(36)30(26)35-16-18-38-19-17-35)39-21-23-12-14-25(15-13-23)24-8-4-3-5-9-24/h1-5,8-9,12-15,26,28,30H,6-7,10-11,16-22H2/t26-,28-,30+/m0/s1. The van der Waals surface area contributed by atoms with Crippen molar-refractivity contribution in [2.24, 2.45) is 5.92 Å². The van der Waals surface area contributed by atoms with Gasteiger partial charge in [0.2, 0.25) is 3.79 Å². The fourth-order valence-corrected chi connectivity index (χ4v) is 5.52. The smallest absolute Gasteiger partial charge is 0.306 e. The molecule has 1 aliphatic carbocycles. The van der Waals surface area contributed by atoms with Gasteiger partial charge in [-0.2, -0.15) is 0 Å². The highest BCUT2D eigenvalue weighted by Gasteiger charge is 2.45. The predicted molar refractivity (Wildman–Crippen MR) is 159 cm³/mol. The molecule has 1 saturated carbocycles. The Morgan fingerprint density at radius 2 is 1.65 bits per heavy atom. The molecule has 9 heteroatoms. The largest absolute Gasteiger partial charge is 0.461 e. The first kappa shape index (κ1) is 31.0. The molecule has 0 amide bonds. The number of hydrogen-bond donors (Lipinski definition) is 0. The summed E-state index contributed by atoms with van der Waals surface area (Å²) in [6, 6.07) is 18.5. The van der Waals surface area contributed by atoms with Crippen molar-refractivity contribution in [3.63, 3.8) is 0 Å². The lowest BCUT2D eigenvalue weighted by atomic mass is 9.93. The molecule has 3 atom stereocenters. The van der Waals surface area contributed by atoms with Crippen molar-refractivity contribution < 1.29 is 23.8 Å². The van der Waals surface area contributed by atoms with Crippen molar-refractivity contribution in [1.29, 1.82) is 0 Å². The molecule has 0 spiro atoms. The second-order valence-electron chi connectivity index (χ2n) is 10.2. The Morgan fingerprint density at radius 1 is 0.975 bits per heavy atom. The summed E-state index contributed by atoms with van der Waals surface area (Å²) in [6.45, 7) is 3.00. The Hall–Kier alpha value is -1.93. The van der Waals surface area contributed by atoms with Gasteiger partial charge in [0.25, 0.3) is 0 Å². The second kappa shape index (κ2) is 15.3. The Kier molecular flexibility index (Phi) is 11.9. The molecular weight excluding hydrogens is 573 g/mol. The maximum Gasteiger partial charge on any atom is 0.306 e. The molecule has 0 radical (unpaired) electrons. The van der Waals surface area contributed by atoms with E-state index in [4.69, 9.17) is 49.0 Å². The molecule has 0 N–H and O–H groups in total. The molecule has 2 aliphatic rings. The maximum absolute atomic E-state index is 13.2. The van der Waals surface area contributed by atoms with Crippen LogP contribution in [0, 0.1) is 5.92 Å². The molecule has 2 fully saturated rings. The van der Waals surface area contributed by atoms with Crippen LogP contribution in [0.25, 0.3) is 11.1 Å². The Bertz CT molecular complexity index is 1110. The van der Waals surface area contributed by atoms with Gasteiger partial charge < -0.3 is 14.2 Å². The molecule has 0 aromatic heterocycles. The van der Waals surface area contributed by atoms with Gasteiger partial charge in [-0.05, 0) is 36.0 Å². The number of morpholine rings is 1. The summed E-state index contributed by atoms with van der Waals surface area (Å²) in [5, 5.41) is 0. The quantitative estimate of drug-likeness (QED) is 0.155. The molecule has 0 unspecified atom stereocenters. The van der Waals surface area contributed by atoms with Crippen LogP contribution in [0.4, 0.5) is 0 Å². The van der Waals surface area contributed by atoms with Gasteiger partial charge in [0.15, 0.2) is 5.78 Å². The van der Waals surface area contributed by atoms with Gasteiger partial charge in [0.1, 0.15) is 6.61 Å². The van der Waals surface area contributed by atoms with Crippen LogP contribution in [-0.2, 0) is 30.4 Å². The number of halogens is 3. The van der Waals surface area contributed by atoms with E-state index in [0.717, 1.165) is 37.1 Å². The lowest BCUT2D eigenvalue weighted by Crippen LogP contribution is -2.49. The minimum Gasteiger partial charge on any atom is -0.461 e. The third-order valence-corrected chi connectivity index (χ3v) is 7.65. The molecule has 0 bridgehead atoms. The SMILES string of the molecule is O=C(CCC=CCC[C@H]1[C@@H](OCc2ccc(-c3ccccc3)cc2)CC(=O)[C@@H]1N1CCOCC1)OCC(Cl)(Cl)Cl. The first-order valence-electron chi connectivity index (χ1n) is 13.8. The number of ether oxygens (including phenoxy) is 3. The van der Waals surface area contributed by atoms with Gasteiger partial charge in [-0.1, -0.05) is 102 Å². The molecule has 6 nitrogen and oxygen atoms in total. The summed E-state index contributed by atoms with van der Waals surface area (Å²) in [7, 11) is 0. The molecule has 1 aliphatic heterocycles. The predicted octanol–water partition coefficient (Wildman–Crippen LogP) is 6.56. The van der Waals surface area contributed by atoms with Crippen molar-refractivity contribution in [3.05, 3.63) is 72.3 Å². The first-order chi connectivity index (χ1) is 19.3. The number of Topliss-reactive ketones (excluding diaryl/α,β-unsaturated/α-hetero) is 1. The van der Waals surface area contributed by atoms with Crippen LogP contribution in [0.5, 0.6) is 0 Å². The molecule has 2 aromatic rings. The third kappa shape index (κ3) is 9.57. The van der Waals surface area contributed by atoms with E-state index in [1.54, 1.807) is 0 Å². The number of benzene rings is 2. The van der Waals surface area contributed by atoms with Crippen LogP contribution >= 0.6 is 34.8 Å². The molecule has 40 heavy (non-hydrogen) atoms. The van der Waals surface area contributed by atoms with E-state index < -0.39 is 9.76 Å². The summed E-state index contributed by atoms with van der Waals surface area (Å²) in [6.07, 6.45) is 6.65. The van der Waals surface area contributed by atoms with E-state index in [2.05, 4.69) is 47.4 Å². The zero-order chi connectivity index (χ0) is 28.4. The van der Waals surface area contributed by atoms with Crippen LogP contribution in [0.15, 0.2) is 66.7 Å². The maximum atomic E-state index is 13.2. The highest BCUT2D eigenvalue weighted by atomic mass is 35.6. The van der Waals surface area contributed by atoms with Gasteiger partial charge in [0, 0.05) is 31.8 Å². The minimum absolute atomic E-state index is 0.0908. The van der Waals surface area contributed by atoms with Gasteiger partial charge in [0.05, 0.1) is 32.0 Å². The highest BCUT2D eigenvalue weighted by molar-refractivity contribution is 6.67. The number of carbonyl (C=O) groups is 2. The minimum atomic E-state index is -1.61. The Morgan fingerprint density at radius 3 is 2.35 bits per heavy atom. The lowest BCUT2D eigenvalue weighted by molar-refractivity contribution is -0.143. The van der Waals surface area contributed by atoms with E-state index in [1.165, 1.54) is 5.56 Å². The number of alkyl halides is 3. The van der Waals surface area contributed by atoms with E-state index in [0.29, 0.717) is 32.7 Å². The molecule has 1 heterocycles. The Balaban J connectivity index is 1.31. The lowest BCUT2D eigenvalue weighted by Gasteiger charge is -2.35. The van der Waals surface area contributed by atoms with E-state index in [9.17, 15) is 9.59 Å². The number of carbonyl (C=O) groups excluding carboxylic acids is 2. The van der Waals surface area contributed by atoms with E-state index in [-0.39, 0.29) is 36.9 Å². The van der Waals surface area contributed by atoms with Gasteiger partial charge in [-0.3, -0.25) is 14.5 Å². The number of nitrogens with zero attached hydrogens (tertiary/aromatic N) is 1. The molecule has 2 aromatic carbocycles. The summed E-state index contributed by atoms with van der Waals surface area (Å²) >= 11 is 16.8. The number of esters is 1. The second-order valence-corrected chi connectivity index (χ2v) is 12.7. The monoisotopic (exact) mass is 607 g/mol. The van der Waals surface area contributed by atoms with Gasteiger partial charge in [-0.15, -0.1) is 0 Å². The van der Waals surface area contributed by atoms with Gasteiger partial charge in [-0.25, -0.2) is 0 Å². The van der Waals surface area contributed by atoms with Crippen LogP contribution in [0.2, 0.25) is 0 Å². The van der Waals surface area contributed by atoms with Crippen molar-refractivity contribution in [2.45, 2.75) is 54.6 Å².